The van der Waals surface area contributed by atoms with Crippen LogP contribution in [-0.4, -0.2) is 34.6 Å². The lowest BCUT2D eigenvalue weighted by Crippen LogP contribution is -2.51. The van der Waals surface area contributed by atoms with Crippen molar-refractivity contribution in [2.45, 2.75) is 75.9 Å². The van der Waals surface area contributed by atoms with E-state index in [0.717, 1.165) is 23.3 Å². The minimum absolute atomic E-state index is 0.00873. The molecule has 3 rings (SSSR count). The summed E-state index contributed by atoms with van der Waals surface area (Å²) in [6.07, 6.45) is 5.46. The van der Waals surface area contributed by atoms with Crippen LogP contribution in [0.25, 0.3) is 0 Å². The van der Waals surface area contributed by atoms with Crippen LogP contribution in [-0.2, 0) is 16.1 Å². The number of rotatable bonds is 10. The van der Waals surface area contributed by atoms with Gasteiger partial charge in [0, 0.05) is 29.7 Å². The van der Waals surface area contributed by atoms with Crippen molar-refractivity contribution in [3.8, 4) is 0 Å². The fourth-order valence-electron chi connectivity index (χ4n) is 4.09. The number of thioether (sulfide) groups is 1. The van der Waals surface area contributed by atoms with E-state index in [1.165, 1.54) is 18.4 Å². The van der Waals surface area contributed by atoms with Crippen LogP contribution in [0.4, 0.5) is 0 Å². The summed E-state index contributed by atoms with van der Waals surface area (Å²) in [5.74, 6) is 0.733. The molecule has 2 aromatic rings. The Labute approximate surface area is 190 Å². The van der Waals surface area contributed by atoms with Crippen LogP contribution in [0.2, 0.25) is 0 Å². The van der Waals surface area contributed by atoms with Gasteiger partial charge in [-0.3, -0.25) is 9.59 Å². The van der Waals surface area contributed by atoms with Gasteiger partial charge in [0.15, 0.2) is 0 Å². The summed E-state index contributed by atoms with van der Waals surface area (Å²) < 4.78 is 0. The molecule has 4 nitrogen and oxygen atoms in total. The number of aryl methyl sites for hydroxylation is 1. The second-order valence-corrected chi connectivity index (χ2v) is 9.50. The van der Waals surface area contributed by atoms with Crippen molar-refractivity contribution in [3.05, 3.63) is 65.7 Å². The quantitative estimate of drug-likeness (QED) is 0.509. The number of nitrogens with one attached hydrogen (secondary N) is 1. The molecule has 0 aliphatic heterocycles. The molecule has 1 saturated carbocycles. The van der Waals surface area contributed by atoms with Crippen LogP contribution in [0.15, 0.2) is 59.5 Å². The van der Waals surface area contributed by atoms with Crippen LogP contribution < -0.4 is 5.32 Å². The van der Waals surface area contributed by atoms with Crippen molar-refractivity contribution in [1.82, 2.24) is 10.2 Å². The summed E-state index contributed by atoms with van der Waals surface area (Å²) in [7, 11) is 0. The summed E-state index contributed by atoms with van der Waals surface area (Å²) in [4.78, 5) is 29.3. The van der Waals surface area contributed by atoms with E-state index in [1.54, 1.807) is 16.7 Å². The Morgan fingerprint density at radius 2 is 1.74 bits per heavy atom. The van der Waals surface area contributed by atoms with Gasteiger partial charge in [-0.1, -0.05) is 67.8 Å². The molecule has 1 aliphatic rings. The average Bonchev–Trinajstić information content (AvgIpc) is 3.28. The van der Waals surface area contributed by atoms with E-state index < -0.39 is 6.04 Å². The number of hydrogen-bond acceptors (Lipinski definition) is 3. The lowest BCUT2D eigenvalue weighted by molar-refractivity contribution is -0.141. The molecule has 0 saturated heterocycles. The molecule has 0 heterocycles. The van der Waals surface area contributed by atoms with Gasteiger partial charge in [0.2, 0.25) is 11.8 Å². The maximum atomic E-state index is 13.3. The number of benzene rings is 2. The smallest absolute Gasteiger partial charge is 0.243 e. The van der Waals surface area contributed by atoms with E-state index >= 15 is 0 Å². The first kappa shape index (κ1) is 23.4. The molecular weight excluding hydrogens is 404 g/mol. The van der Waals surface area contributed by atoms with Crippen molar-refractivity contribution in [3.63, 3.8) is 0 Å². The number of amides is 2. The number of nitrogens with zero attached hydrogens (tertiary/aromatic N) is 1. The van der Waals surface area contributed by atoms with Crippen molar-refractivity contribution in [2.75, 3.05) is 5.75 Å². The highest BCUT2D eigenvalue weighted by Crippen LogP contribution is 2.22. The molecule has 0 aromatic heterocycles. The van der Waals surface area contributed by atoms with Crippen molar-refractivity contribution >= 4 is 23.6 Å². The highest BCUT2D eigenvalue weighted by Gasteiger charge is 2.30. The summed E-state index contributed by atoms with van der Waals surface area (Å²) in [5, 5.41) is 3.20. The molecule has 1 atom stereocenters. The number of hydrogen-bond donors (Lipinski definition) is 1. The second kappa shape index (κ2) is 11.9. The van der Waals surface area contributed by atoms with Gasteiger partial charge in [0.05, 0.1) is 0 Å². The minimum atomic E-state index is -0.434. The molecular formula is C26H34N2O2S. The van der Waals surface area contributed by atoms with Crippen LogP contribution in [0.5, 0.6) is 0 Å². The van der Waals surface area contributed by atoms with Crippen molar-refractivity contribution in [2.24, 2.45) is 0 Å². The summed E-state index contributed by atoms with van der Waals surface area (Å²) in [6.45, 7) is 4.51. The lowest BCUT2D eigenvalue weighted by atomic mass is 10.1. The van der Waals surface area contributed by atoms with Crippen LogP contribution in [0, 0.1) is 6.92 Å². The topological polar surface area (TPSA) is 49.4 Å². The average molecular weight is 439 g/mol. The molecule has 1 N–H and O–H groups in total. The Morgan fingerprint density at radius 3 is 2.39 bits per heavy atom. The van der Waals surface area contributed by atoms with Gasteiger partial charge in [-0.2, -0.15) is 0 Å². The summed E-state index contributed by atoms with van der Waals surface area (Å²) >= 11 is 1.68. The fraction of sp³-hybridized carbons (Fsp3) is 0.462. The first-order valence-electron chi connectivity index (χ1n) is 11.4. The van der Waals surface area contributed by atoms with Crippen LogP contribution in [0.1, 0.15) is 56.6 Å². The van der Waals surface area contributed by atoms with Crippen LogP contribution in [0.3, 0.4) is 0 Å². The molecule has 5 heteroatoms. The molecule has 0 radical (unpaired) electrons. The SMILES string of the molecule is CC[C@@H](C(=O)NC1CCCC1)N(Cc1ccc(C)cc1)C(=O)CCSc1ccccc1. The zero-order valence-corrected chi connectivity index (χ0v) is 19.5. The molecule has 0 unspecified atom stereocenters. The van der Waals surface area contributed by atoms with Gasteiger partial charge in [-0.05, 0) is 43.9 Å². The highest BCUT2D eigenvalue weighted by atomic mass is 32.2. The molecule has 0 bridgehead atoms. The van der Waals surface area contributed by atoms with Gasteiger partial charge >= 0.3 is 0 Å². The molecule has 166 valence electrons. The van der Waals surface area contributed by atoms with Crippen molar-refractivity contribution < 1.29 is 9.59 Å². The van der Waals surface area contributed by atoms with Crippen molar-refractivity contribution in [1.29, 1.82) is 0 Å². The number of carbonyl (C=O) groups excluding carboxylic acids is 2. The fourth-order valence-corrected chi connectivity index (χ4v) is 4.96. The second-order valence-electron chi connectivity index (χ2n) is 8.33. The Morgan fingerprint density at radius 1 is 1.06 bits per heavy atom. The minimum Gasteiger partial charge on any atom is -0.352 e. The van der Waals surface area contributed by atoms with Crippen LogP contribution >= 0.6 is 11.8 Å². The molecule has 2 aromatic carbocycles. The normalized spacial score (nSPS) is 14.9. The zero-order valence-electron chi connectivity index (χ0n) is 18.7. The van der Waals surface area contributed by atoms with E-state index in [-0.39, 0.29) is 17.9 Å². The van der Waals surface area contributed by atoms with E-state index in [0.29, 0.717) is 25.1 Å². The molecule has 2 amide bonds. The third-order valence-electron chi connectivity index (χ3n) is 5.89. The highest BCUT2D eigenvalue weighted by molar-refractivity contribution is 7.99. The molecule has 31 heavy (non-hydrogen) atoms. The van der Waals surface area contributed by atoms with Gasteiger partial charge < -0.3 is 10.2 Å². The Hall–Kier alpha value is -2.27. The number of carbonyl (C=O) groups is 2. The van der Waals surface area contributed by atoms with E-state index in [9.17, 15) is 9.59 Å². The van der Waals surface area contributed by atoms with Gasteiger partial charge in [-0.15, -0.1) is 11.8 Å². The van der Waals surface area contributed by atoms with E-state index in [2.05, 4.69) is 48.6 Å². The van der Waals surface area contributed by atoms with Gasteiger partial charge in [0.25, 0.3) is 0 Å². The molecule has 0 spiro atoms. The zero-order chi connectivity index (χ0) is 22.1. The summed E-state index contributed by atoms with van der Waals surface area (Å²) in [5.41, 5.74) is 2.24. The first-order valence-corrected chi connectivity index (χ1v) is 12.4. The first-order chi connectivity index (χ1) is 15.1. The lowest BCUT2D eigenvalue weighted by Gasteiger charge is -2.31. The van der Waals surface area contributed by atoms with Gasteiger partial charge in [0.1, 0.15) is 6.04 Å². The van der Waals surface area contributed by atoms with E-state index in [4.69, 9.17) is 0 Å². The predicted molar refractivity (Wildman–Crippen MR) is 128 cm³/mol. The molecule has 1 fully saturated rings. The van der Waals surface area contributed by atoms with Gasteiger partial charge in [-0.25, -0.2) is 0 Å². The summed E-state index contributed by atoms with van der Waals surface area (Å²) in [6, 6.07) is 18.2. The predicted octanol–water partition coefficient (Wildman–Crippen LogP) is 5.34. The maximum Gasteiger partial charge on any atom is 0.243 e. The molecule has 1 aliphatic carbocycles. The third kappa shape index (κ3) is 7.13. The Balaban J connectivity index is 1.69. The monoisotopic (exact) mass is 438 g/mol. The maximum absolute atomic E-state index is 13.3. The Kier molecular flexibility index (Phi) is 9.01. The standard InChI is InChI=1S/C26H34N2O2S/c1-3-24(26(30)27-22-9-7-8-10-22)28(19-21-15-13-20(2)14-16-21)25(29)17-18-31-23-11-5-4-6-12-23/h4-6,11-16,22,24H,3,7-10,17-19H2,1-2H3,(H,27,30)/t24-/m0/s1. The third-order valence-corrected chi connectivity index (χ3v) is 6.90. The Bertz CT molecular complexity index is 832. The largest absolute Gasteiger partial charge is 0.352 e. The van der Waals surface area contributed by atoms with E-state index in [1.807, 2.05) is 25.1 Å².